The van der Waals surface area contributed by atoms with Crippen LogP contribution in [0.1, 0.15) is 37.8 Å². The van der Waals surface area contributed by atoms with Crippen molar-refractivity contribution in [2.45, 2.75) is 37.1 Å². The van der Waals surface area contributed by atoms with Crippen LogP contribution in [-0.2, 0) is 4.79 Å². The van der Waals surface area contributed by atoms with E-state index < -0.39 is 5.25 Å². The molecule has 1 atom stereocenters. The van der Waals surface area contributed by atoms with E-state index in [9.17, 15) is 4.79 Å². The Morgan fingerprint density at radius 3 is 2.55 bits per heavy atom. The van der Waals surface area contributed by atoms with E-state index in [0.717, 1.165) is 5.69 Å². The Bertz CT molecular complexity index is 1060. The van der Waals surface area contributed by atoms with E-state index in [1.54, 1.807) is 29.8 Å². The minimum Gasteiger partial charge on any atom is -0.325 e. The van der Waals surface area contributed by atoms with Crippen molar-refractivity contribution in [1.82, 2.24) is 20.2 Å². The molecule has 0 saturated carbocycles. The number of anilines is 1. The third-order valence-corrected chi connectivity index (χ3v) is 5.60. The molecule has 1 N–H and O–H groups in total. The molecule has 7 nitrogen and oxygen atoms in total. The summed E-state index contributed by atoms with van der Waals surface area (Å²) in [6, 6.07) is 14.7. The molecule has 3 rings (SSSR count). The van der Waals surface area contributed by atoms with Crippen molar-refractivity contribution in [3.05, 3.63) is 58.6 Å². The third kappa shape index (κ3) is 4.94. The molecule has 3 aromatic rings. The Balaban J connectivity index is 1.70. The van der Waals surface area contributed by atoms with Gasteiger partial charge < -0.3 is 5.32 Å². The zero-order valence-corrected chi connectivity index (χ0v) is 17.7. The number of benzene rings is 2. The molecular formula is C20H19ClN6OS. The highest BCUT2D eigenvalue weighted by Gasteiger charge is 2.20. The number of aromatic nitrogens is 4. The fraction of sp³-hybridized carbons (Fsp3) is 0.250. The lowest BCUT2D eigenvalue weighted by atomic mass is 10.0. The van der Waals surface area contributed by atoms with E-state index in [1.807, 2.05) is 30.3 Å². The zero-order valence-electron chi connectivity index (χ0n) is 16.1. The summed E-state index contributed by atoms with van der Waals surface area (Å²) in [7, 11) is 0. The van der Waals surface area contributed by atoms with Crippen LogP contribution in [0.15, 0.2) is 47.6 Å². The first kappa shape index (κ1) is 20.8. The number of hydrogen-bond acceptors (Lipinski definition) is 6. The molecule has 2 aromatic carbocycles. The lowest BCUT2D eigenvalue weighted by Gasteiger charge is -2.12. The highest BCUT2D eigenvalue weighted by Crippen LogP contribution is 2.26. The molecule has 0 aliphatic heterocycles. The summed E-state index contributed by atoms with van der Waals surface area (Å²) in [4.78, 5) is 12.6. The van der Waals surface area contributed by atoms with Gasteiger partial charge in [-0.2, -0.15) is 9.94 Å². The first-order valence-electron chi connectivity index (χ1n) is 8.95. The number of thioether (sulfide) groups is 1. The predicted molar refractivity (Wildman–Crippen MR) is 113 cm³/mol. The maximum absolute atomic E-state index is 12.6. The van der Waals surface area contributed by atoms with Gasteiger partial charge in [0.05, 0.1) is 21.5 Å². The van der Waals surface area contributed by atoms with Crippen molar-refractivity contribution >= 4 is 35.0 Å². The minimum atomic E-state index is -0.455. The van der Waals surface area contributed by atoms with Gasteiger partial charge in [0, 0.05) is 5.69 Å². The number of amides is 1. The molecule has 0 radical (unpaired) electrons. The summed E-state index contributed by atoms with van der Waals surface area (Å²) in [6.07, 6.45) is 0. The fourth-order valence-electron chi connectivity index (χ4n) is 2.55. The number of halogens is 1. The molecule has 1 amide bonds. The third-order valence-electron chi connectivity index (χ3n) is 4.25. The van der Waals surface area contributed by atoms with Crippen LogP contribution < -0.4 is 5.32 Å². The van der Waals surface area contributed by atoms with Crippen molar-refractivity contribution in [1.29, 1.82) is 5.26 Å². The molecule has 1 heterocycles. The Morgan fingerprint density at radius 2 is 1.93 bits per heavy atom. The normalized spacial score (nSPS) is 11.9. The molecule has 0 spiro atoms. The van der Waals surface area contributed by atoms with Crippen molar-refractivity contribution < 1.29 is 4.79 Å². The Hall–Kier alpha value is -2.89. The van der Waals surface area contributed by atoms with Gasteiger partial charge in [-0.3, -0.25) is 4.79 Å². The van der Waals surface area contributed by atoms with Gasteiger partial charge in [0.15, 0.2) is 0 Å². The van der Waals surface area contributed by atoms with E-state index in [4.69, 9.17) is 16.9 Å². The molecule has 0 aliphatic rings. The van der Waals surface area contributed by atoms with Gasteiger partial charge in [-0.05, 0) is 59.2 Å². The maximum atomic E-state index is 12.6. The molecule has 1 unspecified atom stereocenters. The summed E-state index contributed by atoms with van der Waals surface area (Å²) in [6.45, 7) is 6.04. The van der Waals surface area contributed by atoms with Crippen LogP contribution in [-0.4, -0.2) is 31.4 Å². The molecule has 148 valence electrons. The fourth-order valence-corrected chi connectivity index (χ4v) is 3.58. The SMILES string of the molecule is CC(Sc1nnnn1-c1ccc(C(C)C)cc1)C(=O)Nc1ccc(C#N)c(Cl)c1. The van der Waals surface area contributed by atoms with Gasteiger partial charge in [0.25, 0.3) is 0 Å². The zero-order chi connectivity index (χ0) is 21.0. The minimum absolute atomic E-state index is 0.222. The lowest BCUT2D eigenvalue weighted by molar-refractivity contribution is -0.115. The molecule has 0 bridgehead atoms. The predicted octanol–water partition coefficient (Wildman–Crippen LogP) is 4.43. The highest BCUT2D eigenvalue weighted by atomic mass is 35.5. The lowest BCUT2D eigenvalue weighted by Crippen LogP contribution is -2.23. The van der Waals surface area contributed by atoms with Crippen LogP contribution >= 0.6 is 23.4 Å². The largest absolute Gasteiger partial charge is 0.325 e. The summed E-state index contributed by atoms with van der Waals surface area (Å²) in [5, 5.41) is 23.9. The second-order valence-corrected chi connectivity index (χ2v) is 8.39. The van der Waals surface area contributed by atoms with Crippen molar-refractivity contribution in [3.8, 4) is 11.8 Å². The second kappa shape index (κ2) is 9.07. The van der Waals surface area contributed by atoms with Crippen molar-refractivity contribution in [2.75, 3.05) is 5.32 Å². The highest BCUT2D eigenvalue weighted by molar-refractivity contribution is 8.00. The van der Waals surface area contributed by atoms with Gasteiger partial charge in [-0.1, -0.05) is 49.3 Å². The molecular weight excluding hydrogens is 408 g/mol. The van der Waals surface area contributed by atoms with Gasteiger partial charge in [-0.15, -0.1) is 5.10 Å². The van der Waals surface area contributed by atoms with Gasteiger partial charge in [0.2, 0.25) is 11.1 Å². The van der Waals surface area contributed by atoms with Gasteiger partial charge >= 0.3 is 0 Å². The first-order valence-corrected chi connectivity index (χ1v) is 10.2. The molecule has 29 heavy (non-hydrogen) atoms. The summed E-state index contributed by atoms with van der Waals surface area (Å²) in [5.41, 5.74) is 2.93. The molecule has 9 heteroatoms. The Labute approximate surface area is 178 Å². The quantitative estimate of drug-likeness (QED) is 0.585. The van der Waals surface area contributed by atoms with Crippen LogP contribution in [0.25, 0.3) is 5.69 Å². The number of nitriles is 1. The standard InChI is InChI=1S/C20H19ClN6OS/c1-12(2)14-5-8-17(9-6-14)27-20(24-25-26-27)29-13(3)19(28)23-16-7-4-15(11-22)18(21)10-16/h4-10,12-13H,1-3H3,(H,23,28). The van der Waals surface area contributed by atoms with E-state index in [0.29, 0.717) is 27.3 Å². The Morgan fingerprint density at radius 1 is 1.21 bits per heavy atom. The van der Waals surface area contributed by atoms with Crippen LogP contribution in [0.3, 0.4) is 0 Å². The maximum Gasteiger partial charge on any atom is 0.237 e. The van der Waals surface area contributed by atoms with Crippen LogP contribution in [0.5, 0.6) is 0 Å². The molecule has 1 aromatic heterocycles. The number of rotatable bonds is 6. The second-order valence-electron chi connectivity index (χ2n) is 6.68. The average Bonchev–Trinajstić information content (AvgIpc) is 3.16. The molecule has 0 fully saturated rings. The number of carbonyl (C=O) groups is 1. The number of nitrogens with one attached hydrogen (secondary N) is 1. The smallest absolute Gasteiger partial charge is 0.237 e. The number of hydrogen-bond donors (Lipinski definition) is 1. The van der Waals surface area contributed by atoms with E-state index in [1.165, 1.54) is 17.3 Å². The van der Waals surface area contributed by atoms with Crippen LogP contribution in [0.2, 0.25) is 5.02 Å². The van der Waals surface area contributed by atoms with Crippen molar-refractivity contribution in [3.63, 3.8) is 0 Å². The van der Waals surface area contributed by atoms with Crippen LogP contribution in [0, 0.1) is 11.3 Å². The topological polar surface area (TPSA) is 96.5 Å². The van der Waals surface area contributed by atoms with E-state index >= 15 is 0 Å². The van der Waals surface area contributed by atoms with Crippen molar-refractivity contribution in [2.24, 2.45) is 0 Å². The number of tetrazole rings is 1. The van der Waals surface area contributed by atoms with E-state index in [-0.39, 0.29) is 5.91 Å². The van der Waals surface area contributed by atoms with Gasteiger partial charge in [0.1, 0.15) is 6.07 Å². The van der Waals surface area contributed by atoms with Crippen LogP contribution in [0.4, 0.5) is 5.69 Å². The average molecular weight is 427 g/mol. The Kier molecular flexibility index (Phi) is 6.52. The number of nitrogens with zero attached hydrogens (tertiary/aromatic N) is 5. The summed E-state index contributed by atoms with van der Waals surface area (Å²) in [5.74, 6) is 0.215. The summed E-state index contributed by atoms with van der Waals surface area (Å²) >= 11 is 7.27. The monoisotopic (exact) mass is 426 g/mol. The van der Waals surface area contributed by atoms with E-state index in [2.05, 4.69) is 34.7 Å². The molecule has 0 saturated heterocycles. The first-order chi connectivity index (χ1) is 13.9. The summed E-state index contributed by atoms with van der Waals surface area (Å²) < 4.78 is 1.61. The van der Waals surface area contributed by atoms with Gasteiger partial charge in [-0.25, -0.2) is 0 Å². The number of carbonyl (C=O) groups excluding carboxylic acids is 1. The molecule has 0 aliphatic carbocycles.